The zero-order chi connectivity index (χ0) is 24.5. The number of methoxy groups -OCH3 is 1. The molecule has 2 N–H and O–H groups in total. The summed E-state index contributed by atoms with van der Waals surface area (Å²) in [5.74, 6) is -0.668. The van der Waals surface area contributed by atoms with Crippen molar-refractivity contribution in [1.82, 2.24) is 0 Å². The first-order chi connectivity index (χ1) is 16.4. The summed E-state index contributed by atoms with van der Waals surface area (Å²) in [6, 6.07) is 14.4. The molecule has 4 nitrogen and oxygen atoms in total. The zero-order valence-corrected chi connectivity index (χ0v) is 19.3. The Morgan fingerprint density at radius 2 is 1.71 bits per heavy atom. The molecule has 1 saturated carbocycles. The number of halogens is 2. The van der Waals surface area contributed by atoms with Crippen LogP contribution in [0.15, 0.2) is 54.6 Å². The van der Waals surface area contributed by atoms with Gasteiger partial charge in [0.05, 0.1) is 7.11 Å². The van der Waals surface area contributed by atoms with Crippen LogP contribution >= 0.6 is 0 Å². The van der Waals surface area contributed by atoms with Gasteiger partial charge < -0.3 is 14.9 Å². The molecule has 0 aromatic heterocycles. The van der Waals surface area contributed by atoms with Gasteiger partial charge in [-0.15, -0.1) is 0 Å². The van der Waals surface area contributed by atoms with E-state index in [-0.39, 0.29) is 23.8 Å². The number of benzene rings is 3. The van der Waals surface area contributed by atoms with Crippen LogP contribution < -0.4 is 4.74 Å². The number of hydrogen-bond acceptors (Lipinski definition) is 3. The average molecular weight is 469 g/mol. The average Bonchev–Trinajstić information content (AvgIpc) is 3.63. The van der Waals surface area contributed by atoms with Crippen molar-refractivity contribution in [2.24, 2.45) is 0 Å². The molecule has 6 heteroatoms. The number of fused-ring (bicyclic) bond motifs is 1. The minimum Gasteiger partial charge on any atom is -0.508 e. The van der Waals surface area contributed by atoms with Crippen LogP contribution in [0, 0.1) is 11.6 Å². The maximum absolute atomic E-state index is 14.0. The fourth-order valence-electron chi connectivity index (χ4n) is 3.62. The van der Waals surface area contributed by atoms with Gasteiger partial charge >= 0.3 is 5.97 Å². The Bertz CT molecular complexity index is 1120. The third-order valence-corrected chi connectivity index (χ3v) is 5.54. The molecule has 2 aliphatic rings. The van der Waals surface area contributed by atoms with E-state index >= 15 is 0 Å². The molecule has 0 aliphatic heterocycles. The number of carboxylic acids is 1. The number of rotatable bonds is 5. The van der Waals surface area contributed by atoms with Gasteiger partial charge in [-0.2, -0.15) is 0 Å². The predicted octanol–water partition coefficient (Wildman–Crippen LogP) is 6.71. The van der Waals surface area contributed by atoms with E-state index in [1.165, 1.54) is 38.5 Å². The molecular weight excluding hydrogens is 438 g/mol. The Labute approximate surface area is 198 Å². The van der Waals surface area contributed by atoms with E-state index < -0.39 is 5.97 Å². The number of ether oxygens (including phenoxy) is 1. The van der Waals surface area contributed by atoms with Crippen molar-refractivity contribution in [2.75, 3.05) is 7.11 Å². The van der Waals surface area contributed by atoms with E-state index in [0.717, 1.165) is 36.0 Å². The molecule has 0 unspecified atom stereocenters. The Morgan fingerprint density at radius 3 is 2.35 bits per heavy atom. The van der Waals surface area contributed by atoms with Crippen LogP contribution in [0.2, 0.25) is 0 Å². The maximum Gasteiger partial charge on any atom is 0.303 e. The Kier molecular flexibility index (Phi) is 9.02. The van der Waals surface area contributed by atoms with Gasteiger partial charge in [-0.1, -0.05) is 37.5 Å². The van der Waals surface area contributed by atoms with Gasteiger partial charge in [0, 0.05) is 12.0 Å². The standard InChI is InChI=1S/C16H14F2O.C9H10O3.C3H6/c1-19-12-5-6-15(17)14(9-12)11-7-10-3-2-4-13(10)16(18)8-11;10-8-3-1-2-7(6-8)4-5-9(11)12;1-2-3-1/h5-9H,2-4H2,1H3;1-3,6,10H,4-5H2,(H,11,12);1-3H2. The number of carbonyl (C=O) groups is 1. The third-order valence-electron chi connectivity index (χ3n) is 5.54. The maximum atomic E-state index is 14.0. The lowest BCUT2D eigenvalue weighted by Gasteiger charge is -2.09. The van der Waals surface area contributed by atoms with Gasteiger partial charge in [0.2, 0.25) is 0 Å². The number of aryl methyl sites for hydroxylation is 2. The highest BCUT2D eigenvalue weighted by molar-refractivity contribution is 5.68. The number of phenolic OH excluding ortho intramolecular Hbond substituents is 1. The number of carboxylic acid groups (broad SMARTS) is 1. The van der Waals surface area contributed by atoms with Crippen LogP contribution in [0.3, 0.4) is 0 Å². The second-order valence-electron chi connectivity index (χ2n) is 8.42. The van der Waals surface area contributed by atoms with Crippen molar-refractivity contribution in [3.05, 3.63) is 82.9 Å². The second kappa shape index (κ2) is 12.2. The number of aromatic hydroxyl groups is 1. The first-order valence-electron chi connectivity index (χ1n) is 11.5. The molecule has 0 heterocycles. The van der Waals surface area contributed by atoms with E-state index in [2.05, 4.69) is 0 Å². The molecule has 0 bridgehead atoms. The number of aliphatic carboxylic acids is 1. The minimum atomic E-state index is -0.821. The molecule has 0 saturated heterocycles. The lowest BCUT2D eigenvalue weighted by Crippen LogP contribution is -1.96. The molecule has 3 aromatic carbocycles. The topological polar surface area (TPSA) is 66.8 Å². The summed E-state index contributed by atoms with van der Waals surface area (Å²) in [4.78, 5) is 10.2. The normalized spacial score (nSPS) is 13.0. The predicted molar refractivity (Wildman–Crippen MR) is 128 cm³/mol. The van der Waals surface area contributed by atoms with E-state index in [0.29, 0.717) is 23.3 Å². The lowest BCUT2D eigenvalue weighted by molar-refractivity contribution is -0.136. The SMILES string of the molecule is C1CC1.COc1ccc(F)c(-c2cc(F)c3c(c2)CCC3)c1.O=C(O)CCc1cccc(O)c1. The first-order valence-corrected chi connectivity index (χ1v) is 11.5. The summed E-state index contributed by atoms with van der Waals surface area (Å²) >= 11 is 0. The van der Waals surface area contributed by atoms with Crippen molar-refractivity contribution < 1.29 is 28.5 Å². The monoisotopic (exact) mass is 468 g/mol. The summed E-state index contributed by atoms with van der Waals surface area (Å²) in [7, 11) is 1.53. The van der Waals surface area contributed by atoms with Gasteiger partial charge in [0.1, 0.15) is 23.1 Å². The number of phenols is 1. The van der Waals surface area contributed by atoms with Crippen molar-refractivity contribution in [1.29, 1.82) is 0 Å². The fraction of sp³-hybridized carbons (Fsp3) is 0.321. The molecule has 1 fully saturated rings. The highest BCUT2D eigenvalue weighted by Gasteiger charge is 2.18. The third kappa shape index (κ3) is 7.58. The molecule has 3 aromatic rings. The summed E-state index contributed by atoms with van der Waals surface area (Å²) in [5, 5.41) is 17.4. The smallest absolute Gasteiger partial charge is 0.303 e. The molecule has 0 amide bonds. The molecule has 0 atom stereocenters. The van der Waals surface area contributed by atoms with Crippen LogP contribution in [-0.2, 0) is 24.1 Å². The Morgan fingerprint density at radius 1 is 0.941 bits per heavy atom. The van der Waals surface area contributed by atoms with Crippen molar-refractivity contribution in [3.8, 4) is 22.6 Å². The zero-order valence-electron chi connectivity index (χ0n) is 19.3. The summed E-state index contributed by atoms with van der Waals surface area (Å²) < 4.78 is 33.0. The van der Waals surface area contributed by atoms with E-state index in [4.69, 9.17) is 14.9 Å². The van der Waals surface area contributed by atoms with Crippen LogP contribution in [0.1, 0.15) is 48.8 Å². The van der Waals surface area contributed by atoms with E-state index in [1.54, 1.807) is 36.4 Å². The lowest BCUT2D eigenvalue weighted by atomic mass is 9.99. The molecule has 0 spiro atoms. The Hall–Kier alpha value is -3.41. The van der Waals surface area contributed by atoms with Crippen molar-refractivity contribution in [2.45, 2.75) is 51.4 Å². The molecule has 180 valence electrons. The quantitative estimate of drug-likeness (QED) is 0.437. The molecule has 34 heavy (non-hydrogen) atoms. The van der Waals surface area contributed by atoms with Gasteiger partial charge in [-0.3, -0.25) is 4.79 Å². The van der Waals surface area contributed by atoms with E-state index in [1.807, 2.05) is 6.07 Å². The van der Waals surface area contributed by atoms with Gasteiger partial charge in [0.15, 0.2) is 0 Å². The van der Waals surface area contributed by atoms with Crippen LogP contribution in [0.25, 0.3) is 11.1 Å². The van der Waals surface area contributed by atoms with Crippen LogP contribution in [-0.4, -0.2) is 23.3 Å². The summed E-state index contributed by atoms with van der Waals surface area (Å²) in [6.07, 6.45) is 7.68. The second-order valence-corrected chi connectivity index (χ2v) is 8.42. The first kappa shape index (κ1) is 25.2. The van der Waals surface area contributed by atoms with Gasteiger partial charge in [-0.05, 0) is 84.3 Å². The van der Waals surface area contributed by atoms with Gasteiger partial charge in [-0.25, -0.2) is 8.78 Å². The minimum absolute atomic E-state index is 0.101. The van der Waals surface area contributed by atoms with Crippen molar-refractivity contribution >= 4 is 5.97 Å². The molecular formula is C28H30F2O4. The number of hydrogen-bond donors (Lipinski definition) is 2. The van der Waals surface area contributed by atoms with Crippen LogP contribution in [0.4, 0.5) is 8.78 Å². The molecule has 5 rings (SSSR count). The van der Waals surface area contributed by atoms with E-state index in [9.17, 15) is 13.6 Å². The largest absolute Gasteiger partial charge is 0.508 e. The highest BCUT2D eigenvalue weighted by atomic mass is 19.1. The van der Waals surface area contributed by atoms with Gasteiger partial charge in [0.25, 0.3) is 0 Å². The molecule has 2 aliphatic carbocycles. The molecule has 0 radical (unpaired) electrons. The van der Waals surface area contributed by atoms with Crippen molar-refractivity contribution in [3.63, 3.8) is 0 Å². The fourth-order valence-corrected chi connectivity index (χ4v) is 3.62. The summed E-state index contributed by atoms with van der Waals surface area (Å²) in [6.45, 7) is 0. The summed E-state index contributed by atoms with van der Waals surface area (Å²) in [5.41, 5.74) is 3.59. The Balaban J connectivity index is 0.000000184. The van der Waals surface area contributed by atoms with Crippen LogP contribution in [0.5, 0.6) is 11.5 Å². The highest BCUT2D eigenvalue weighted by Crippen LogP contribution is 2.33.